The molecule has 0 bridgehead atoms. The molecule has 0 saturated heterocycles. The molecule has 0 spiro atoms. The standard InChI is InChI=1S/C7H12ClNO.C2H3BrO2/c8-6-4-2-1-3-5-7(6)9-10;3-1-2(4)5/h6,10H,1-5H2;1H2,(H,4,5)/b9-7-;. The molecule has 0 heterocycles. The molecule has 1 fully saturated rings. The van der Waals surface area contributed by atoms with Gasteiger partial charge in [-0.05, 0) is 19.3 Å². The highest BCUT2D eigenvalue weighted by Crippen LogP contribution is 2.19. The monoisotopic (exact) mass is 299 g/mol. The predicted molar refractivity (Wildman–Crippen MR) is 63.4 cm³/mol. The van der Waals surface area contributed by atoms with E-state index < -0.39 is 5.97 Å². The van der Waals surface area contributed by atoms with E-state index in [1.165, 1.54) is 6.42 Å². The Morgan fingerprint density at radius 2 is 2.13 bits per heavy atom. The minimum atomic E-state index is -0.829. The number of carboxylic acids is 1. The number of hydrogen-bond donors (Lipinski definition) is 2. The molecule has 88 valence electrons. The summed E-state index contributed by atoms with van der Waals surface area (Å²) in [7, 11) is 0. The van der Waals surface area contributed by atoms with Crippen LogP contribution in [0.3, 0.4) is 0 Å². The van der Waals surface area contributed by atoms with Gasteiger partial charge in [-0.3, -0.25) is 4.79 Å². The highest BCUT2D eigenvalue weighted by molar-refractivity contribution is 9.09. The number of rotatable bonds is 1. The lowest BCUT2D eigenvalue weighted by Crippen LogP contribution is -2.11. The molecular weight excluding hydrogens is 285 g/mol. The summed E-state index contributed by atoms with van der Waals surface area (Å²) in [4.78, 5) is 9.32. The Hall–Kier alpha value is -0.290. The number of aliphatic carboxylic acids is 1. The minimum absolute atomic E-state index is 0.0208. The van der Waals surface area contributed by atoms with E-state index in [1.807, 2.05) is 0 Å². The second-order valence-electron chi connectivity index (χ2n) is 3.19. The first kappa shape index (κ1) is 14.7. The van der Waals surface area contributed by atoms with Crippen LogP contribution in [0.1, 0.15) is 32.1 Å². The number of halogens is 2. The third-order valence-electron chi connectivity index (χ3n) is 1.99. The van der Waals surface area contributed by atoms with Gasteiger partial charge in [0.1, 0.15) is 5.33 Å². The van der Waals surface area contributed by atoms with E-state index in [0.29, 0.717) is 0 Å². The fraction of sp³-hybridized carbons (Fsp3) is 0.778. The number of alkyl halides is 2. The van der Waals surface area contributed by atoms with Crippen molar-refractivity contribution in [3.05, 3.63) is 0 Å². The number of carboxylic acid groups (broad SMARTS) is 1. The number of oxime groups is 1. The smallest absolute Gasteiger partial charge is 0.314 e. The van der Waals surface area contributed by atoms with E-state index >= 15 is 0 Å². The minimum Gasteiger partial charge on any atom is -0.481 e. The van der Waals surface area contributed by atoms with Crippen molar-refractivity contribution < 1.29 is 15.1 Å². The highest BCUT2D eigenvalue weighted by atomic mass is 79.9. The molecule has 0 aromatic heterocycles. The fourth-order valence-corrected chi connectivity index (χ4v) is 1.55. The van der Waals surface area contributed by atoms with E-state index in [1.54, 1.807) is 0 Å². The Balaban J connectivity index is 0.000000336. The van der Waals surface area contributed by atoms with E-state index in [9.17, 15) is 4.79 Å². The molecule has 0 radical (unpaired) electrons. The second kappa shape index (κ2) is 8.97. The maximum atomic E-state index is 9.32. The SMILES string of the molecule is O/N=C1/CCCCCC1Cl.O=C(O)CBr. The van der Waals surface area contributed by atoms with Crippen LogP contribution in [-0.2, 0) is 4.79 Å². The third kappa shape index (κ3) is 7.62. The van der Waals surface area contributed by atoms with Crippen LogP contribution in [0.25, 0.3) is 0 Å². The van der Waals surface area contributed by atoms with E-state index in [-0.39, 0.29) is 10.7 Å². The van der Waals surface area contributed by atoms with Crippen molar-refractivity contribution in [3.8, 4) is 0 Å². The number of nitrogens with zero attached hydrogens (tertiary/aromatic N) is 1. The Bertz CT molecular complexity index is 223. The van der Waals surface area contributed by atoms with Gasteiger partial charge in [0.25, 0.3) is 0 Å². The van der Waals surface area contributed by atoms with Gasteiger partial charge in [0.15, 0.2) is 0 Å². The Morgan fingerprint density at radius 3 is 2.60 bits per heavy atom. The molecule has 1 aliphatic carbocycles. The molecule has 1 aliphatic rings. The van der Waals surface area contributed by atoms with Crippen LogP contribution in [0, 0.1) is 0 Å². The van der Waals surface area contributed by atoms with Crippen LogP contribution in [0.4, 0.5) is 0 Å². The molecular formula is C9H15BrClNO3. The van der Waals surface area contributed by atoms with Gasteiger partial charge < -0.3 is 10.3 Å². The molecule has 0 amide bonds. The molecule has 2 N–H and O–H groups in total. The summed E-state index contributed by atoms with van der Waals surface area (Å²) < 4.78 is 0. The van der Waals surface area contributed by atoms with Crippen molar-refractivity contribution in [2.75, 3.05) is 5.33 Å². The molecule has 1 saturated carbocycles. The van der Waals surface area contributed by atoms with Crippen LogP contribution >= 0.6 is 27.5 Å². The first-order valence-electron chi connectivity index (χ1n) is 4.74. The lowest BCUT2D eigenvalue weighted by Gasteiger charge is -2.04. The average molecular weight is 301 g/mol. The lowest BCUT2D eigenvalue weighted by atomic mass is 10.2. The molecule has 1 rings (SSSR count). The predicted octanol–water partition coefficient (Wildman–Crippen LogP) is 2.85. The molecule has 0 aromatic rings. The van der Waals surface area contributed by atoms with Gasteiger partial charge in [-0.25, -0.2) is 0 Å². The lowest BCUT2D eigenvalue weighted by molar-refractivity contribution is -0.133. The normalized spacial score (nSPS) is 23.9. The summed E-state index contributed by atoms with van der Waals surface area (Å²) >= 11 is 8.61. The van der Waals surface area contributed by atoms with Crippen molar-refractivity contribution in [1.82, 2.24) is 0 Å². The van der Waals surface area contributed by atoms with Crippen LogP contribution in [0.15, 0.2) is 5.16 Å². The maximum Gasteiger partial charge on any atom is 0.314 e. The molecule has 1 atom stereocenters. The van der Waals surface area contributed by atoms with E-state index in [0.717, 1.165) is 31.4 Å². The second-order valence-corrected chi connectivity index (χ2v) is 4.27. The first-order chi connectivity index (χ1) is 7.11. The number of carbonyl (C=O) groups is 1. The Kier molecular flexibility index (Phi) is 8.80. The van der Waals surface area contributed by atoms with Gasteiger partial charge in [-0.1, -0.05) is 33.9 Å². The topological polar surface area (TPSA) is 69.9 Å². The van der Waals surface area contributed by atoms with Crippen LogP contribution < -0.4 is 0 Å². The first-order valence-corrected chi connectivity index (χ1v) is 6.30. The fourth-order valence-electron chi connectivity index (χ4n) is 1.24. The van der Waals surface area contributed by atoms with Gasteiger partial charge >= 0.3 is 5.97 Å². The quantitative estimate of drug-likeness (QED) is 0.338. The molecule has 4 nitrogen and oxygen atoms in total. The summed E-state index contributed by atoms with van der Waals surface area (Å²) in [6, 6.07) is 0. The van der Waals surface area contributed by atoms with Crippen molar-refractivity contribution in [2.24, 2.45) is 5.16 Å². The largest absolute Gasteiger partial charge is 0.481 e. The summed E-state index contributed by atoms with van der Waals surface area (Å²) in [6.45, 7) is 0. The summed E-state index contributed by atoms with van der Waals surface area (Å²) in [6.07, 6.45) is 5.31. The molecule has 0 aliphatic heterocycles. The molecule has 0 aromatic carbocycles. The molecule has 15 heavy (non-hydrogen) atoms. The summed E-state index contributed by atoms with van der Waals surface area (Å²) in [5.41, 5.74) is 0.763. The zero-order valence-electron chi connectivity index (χ0n) is 8.33. The van der Waals surface area contributed by atoms with Crippen molar-refractivity contribution in [2.45, 2.75) is 37.5 Å². The maximum absolute atomic E-state index is 9.32. The zero-order valence-corrected chi connectivity index (χ0v) is 10.7. The van der Waals surface area contributed by atoms with Gasteiger partial charge in [0.2, 0.25) is 0 Å². The molecule has 1 unspecified atom stereocenters. The Labute approximate surface area is 102 Å². The third-order valence-corrected chi connectivity index (χ3v) is 2.94. The van der Waals surface area contributed by atoms with E-state index in [2.05, 4.69) is 21.1 Å². The molecule has 6 heteroatoms. The zero-order chi connectivity index (χ0) is 11.7. The van der Waals surface area contributed by atoms with Gasteiger partial charge in [-0.2, -0.15) is 0 Å². The average Bonchev–Trinajstić information content (AvgIpc) is 2.43. The van der Waals surface area contributed by atoms with Gasteiger partial charge in [0, 0.05) is 0 Å². The summed E-state index contributed by atoms with van der Waals surface area (Å²) in [5.74, 6) is -0.829. The number of hydrogen-bond acceptors (Lipinski definition) is 3. The van der Waals surface area contributed by atoms with Crippen molar-refractivity contribution >= 4 is 39.2 Å². The van der Waals surface area contributed by atoms with Gasteiger partial charge in [0.05, 0.1) is 11.1 Å². The van der Waals surface area contributed by atoms with Crippen LogP contribution in [0.2, 0.25) is 0 Å². The van der Waals surface area contributed by atoms with Crippen LogP contribution in [0.5, 0.6) is 0 Å². The van der Waals surface area contributed by atoms with E-state index in [4.69, 9.17) is 21.9 Å². The Morgan fingerprint density at radius 1 is 1.53 bits per heavy atom. The van der Waals surface area contributed by atoms with Crippen molar-refractivity contribution in [3.63, 3.8) is 0 Å². The van der Waals surface area contributed by atoms with Crippen LogP contribution in [-0.4, -0.2) is 32.7 Å². The highest BCUT2D eigenvalue weighted by Gasteiger charge is 2.16. The van der Waals surface area contributed by atoms with Crippen molar-refractivity contribution in [1.29, 1.82) is 0 Å². The summed E-state index contributed by atoms with van der Waals surface area (Å²) in [5, 5.41) is 19.4. The van der Waals surface area contributed by atoms with Gasteiger partial charge in [-0.15, -0.1) is 11.6 Å².